The second-order valence-electron chi connectivity index (χ2n) is 4.52. The second-order valence-corrected chi connectivity index (χ2v) is 4.52. The van der Waals surface area contributed by atoms with Gasteiger partial charge in [-0.05, 0) is 13.3 Å². The number of aromatic nitrogens is 2. The second kappa shape index (κ2) is 7.22. The number of nitrogens with one attached hydrogen (secondary N) is 2. The Morgan fingerprint density at radius 1 is 1.16 bits per heavy atom. The summed E-state index contributed by atoms with van der Waals surface area (Å²) in [5.41, 5.74) is -0.443. The van der Waals surface area contributed by atoms with E-state index in [4.69, 9.17) is 0 Å². The van der Waals surface area contributed by atoms with E-state index in [-0.39, 0.29) is 0 Å². The van der Waals surface area contributed by atoms with Gasteiger partial charge in [-0.3, -0.25) is 0 Å². The van der Waals surface area contributed by atoms with Crippen molar-refractivity contribution in [1.29, 1.82) is 0 Å². The van der Waals surface area contributed by atoms with Crippen LogP contribution >= 0.6 is 0 Å². The van der Waals surface area contributed by atoms with Crippen molar-refractivity contribution < 1.29 is 15.3 Å². The molecule has 0 aliphatic rings. The molecule has 0 aromatic carbocycles. The molecule has 0 aliphatic carbocycles. The van der Waals surface area contributed by atoms with Gasteiger partial charge in [0.2, 0.25) is 5.95 Å². The zero-order chi connectivity index (χ0) is 14.3. The Hall–Kier alpha value is -1.44. The Labute approximate surface area is 112 Å². The molecule has 0 unspecified atom stereocenters. The minimum absolute atomic E-state index is 0.402. The van der Waals surface area contributed by atoms with E-state index in [1.807, 2.05) is 13.8 Å². The molecule has 0 spiro atoms. The maximum absolute atomic E-state index is 9.28. The zero-order valence-corrected chi connectivity index (χ0v) is 11.3. The highest BCUT2D eigenvalue weighted by atomic mass is 16.3. The Kier molecular flexibility index (Phi) is 5.94. The molecule has 5 N–H and O–H groups in total. The van der Waals surface area contributed by atoms with Crippen LogP contribution in [0.5, 0.6) is 0 Å². The van der Waals surface area contributed by atoms with Gasteiger partial charge in [-0.25, -0.2) is 4.98 Å². The van der Waals surface area contributed by atoms with Gasteiger partial charge in [-0.15, -0.1) is 0 Å². The van der Waals surface area contributed by atoms with Crippen LogP contribution in [0.4, 0.5) is 11.8 Å². The molecule has 0 fully saturated rings. The van der Waals surface area contributed by atoms with Gasteiger partial charge in [0.1, 0.15) is 11.4 Å². The first-order valence-electron chi connectivity index (χ1n) is 6.29. The van der Waals surface area contributed by atoms with Gasteiger partial charge in [0, 0.05) is 18.3 Å². The van der Waals surface area contributed by atoms with Crippen molar-refractivity contribution >= 4 is 11.8 Å². The van der Waals surface area contributed by atoms with Crippen molar-refractivity contribution in [3.63, 3.8) is 0 Å². The van der Waals surface area contributed by atoms with Crippen molar-refractivity contribution in [1.82, 2.24) is 9.97 Å². The van der Waals surface area contributed by atoms with E-state index in [0.29, 0.717) is 11.8 Å². The van der Waals surface area contributed by atoms with Crippen LogP contribution in [-0.4, -0.2) is 57.2 Å². The molecule has 108 valence electrons. The summed E-state index contributed by atoms with van der Waals surface area (Å²) >= 11 is 0. The third kappa shape index (κ3) is 4.30. The minimum atomic E-state index is -1.19. The maximum Gasteiger partial charge on any atom is 0.224 e. The SMILES string of the molecule is CCCNc1nc(C)cc(NC(CO)(CO)CO)n1. The summed E-state index contributed by atoms with van der Waals surface area (Å²) in [6.07, 6.45) is 0.952. The van der Waals surface area contributed by atoms with E-state index in [2.05, 4.69) is 20.6 Å². The molecule has 7 heteroatoms. The molecule has 1 rings (SSSR count). The van der Waals surface area contributed by atoms with Gasteiger partial charge in [0.05, 0.1) is 19.8 Å². The van der Waals surface area contributed by atoms with Crippen LogP contribution in [0, 0.1) is 6.92 Å². The molecular formula is C12H22N4O3. The topological polar surface area (TPSA) is 111 Å². The van der Waals surface area contributed by atoms with Gasteiger partial charge in [-0.1, -0.05) is 6.92 Å². The lowest BCUT2D eigenvalue weighted by Crippen LogP contribution is -2.49. The number of nitrogens with zero attached hydrogens (tertiary/aromatic N) is 2. The van der Waals surface area contributed by atoms with E-state index in [1.165, 1.54) is 0 Å². The summed E-state index contributed by atoms with van der Waals surface area (Å²) in [7, 11) is 0. The number of anilines is 2. The van der Waals surface area contributed by atoms with Crippen molar-refractivity contribution in [3.8, 4) is 0 Å². The van der Waals surface area contributed by atoms with Crippen LogP contribution in [0.25, 0.3) is 0 Å². The fourth-order valence-corrected chi connectivity index (χ4v) is 1.49. The van der Waals surface area contributed by atoms with Gasteiger partial charge < -0.3 is 26.0 Å². The van der Waals surface area contributed by atoms with Gasteiger partial charge >= 0.3 is 0 Å². The number of hydrogen-bond donors (Lipinski definition) is 5. The lowest BCUT2D eigenvalue weighted by atomic mass is 10.0. The van der Waals surface area contributed by atoms with Crippen molar-refractivity contribution in [3.05, 3.63) is 11.8 Å². The molecule has 0 amide bonds. The predicted octanol–water partition coefficient (Wildman–Crippen LogP) is -0.265. The van der Waals surface area contributed by atoms with E-state index < -0.39 is 25.4 Å². The average molecular weight is 270 g/mol. The average Bonchev–Trinajstić information content (AvgIpc) is 2.42. The van der Waals surface area contributed by atoms with Crippen molar-refractivity contribution in [2.24, 2.45) is 0 Å². The Morgan fingerprint density at radius 3 is 2.32 bits per heavy atom. The van der Waals surface area contributed by atoms with Crippen molar-refractivity contribution in [2.45, 2.75) is 25.8 Å². The number of aliphatic hydroxyl groups is 3. The molecular weight excluding hydrogens is 248 g/mol. The van der Waals surface area contributed by atoms with Crippen LogP contribution in [0.3, 0.4) is 0 Å². The monoisotopic (exact) mass is 270 g/mol. The van der Waals surface area contributed by atoms with Gasteiger partial charge in [0.25, 0.3) is 0 Å². The highest BCUT2D eigenvalue weighted by Gasteiger charge is 2.28. The molecule has 0 atom stereocenters. The third-order valence-corrected chi connectivity index (χ3v) is 2.69. The van der Waals surface area contributed by atoms with E-state index in [1.54, 1.807) is 6.07 Å². The fourth-order valence-electron chi connectivity index (χ4n) is 1.49. The van der Waals surface area contributed by atoms with Gasteiger partial charge in [-0.2, -0.15) is 4.98 Å². The maximum atomic E-state index is 9.28. The third-order valence-electron chi connectivity index (χ3n) is 2.69. The molecule has 0 aliphatic heterocycles. The van der Waals surface area contributed by atoms with E-state index in [9.17, 15) is 15.3 Å². The minimum Gasteiger partial charge on any atom is -0.394 e. The molecule has 1 aromatic heterocycles. The number of aryl methyl sites for hydroxylation is 1. The van der Waals surface area contributed by atoms with Crippen LogP contribution in [0.15, 0.2) is 6.07 Å². The first-order valence-corrected chi connectivity index (χ1v) is 6.29. The molecule has 0 saturated carbocycles. The van der Waals surface area contributed by atoms with Crippen LogP contribution in [-0.2, 0) is 0 Å². The molecule has 7 nitrogen and oxygen atoms in total. The van der Waals surface area contributed by atoms with E-state index >= 15 is 0 Å². The lowest BCUT2D eigenvalue weighted by Gasteiger charge is -2.29. The first kappa shape index (κ1) is 15.6. The quantitative estimate of drug-likeness (QED) is 0.442. The summed E-state index contributed by atoms with van der Waals surface area (Å²) < 4.78 is 0. The summed E-state index contributed by atoms with van der Waals surface area (Å²) in [6.45, 7) is 3.41. The summed E-state index contributed by atoms with van der Waals surface area (Å²) in [6, 6.07) is 1.69. The Bertz CT molecular complexity index is 388. The predicted molar refractivity (Wildman–Crippen MR) is 73.2 cm³/mol. The van der Waals surface area contributed by atoms with Crippen LogP contribution in [0.2, 0.25) is 0 Å². The molecule has 19 heavy (non-hydrogen) atoms. The Balaban J connectivity index is 2.90. The largest absolute Gasteiger partial charge is 0.394 e. The van der Waals surface area contributed by atoms with E-state index in [0.717, 1.165) is 18.7 Å². The van der Waals surface area contributed by atoms with Crippen LogP contribution in [0.1, 0.15) is 19.0 Å². The van der Waals surface area contributed by atoms with Gasteiger partial charge in [0.15, 0.2) is 0 Å². The van der Waals surface area contributed by atoms with Crippen LogP contribution < -0.4 is 10.6 Å². The molecule has 0 bridgehead atoms. The molecule has 0 saturated heterocycles. The Morgan fingerprint density at radius 2 is 1.79 bits per heavy atom. The summed E-state index contributed by atoms with van der Waals surface area (Å²) in [5, 5.41) is 33.8. The molecule has 0 radical (unpaired) electrons. The smallest absolute Gasteiger partial charge is 0.224 e. The summed E-state index contributed by atoms with van der Waals surface area (Å²) in [4.78, 5) is 8.46. The molecule has 1 aromatic rings. The summed E-state index contributed by atoms with van der Waals surface area (Å²) in [5.74, 6) is 0.926. The van der Waals surface area contributed by atoms with Crippen molar-refractivity contribution in [2.75, 3.05) is 37.0 Å². The number of aliphatic hydroxyl groups excluding tert-OH is 3. The normalized spacial score (nSPS) is 11.4. The molecule has 1 heterocycles. The number of hydrogen-bond acceptors (Lipinski definition) is 7. The standard InChI is InChI=1S/C12H22N4O3/c1-3-4-13-11-14-9(2)5-10(15-11)16-12(6-17,7-18)8-19/h5,17-19H,3-4,6-8H2,1-2H3,(H2,13,14,15,16). The highest BCUT2D eigenvalue weighted by Crippen LogP contribution is 2.15. The first-order chi connectivity index (χ1) is 9.09. The fraction of sp³-hybridized carbons (Fsp3) is 0.667. The zero-order valence-electron chi connectivity index (χ0n) is 11.3. The lowest BCUT2D eigenvalue weighted by molar-refractivity contribution is 0.0831. The number of rotatable bonds is 8. The highest BCUT2D eigenvalue weighted by molar-refractivity contribution is 5.44.